The molecule has 0 fully saturated rings. The third-order valence-corrected chi connectivity index (χ3v) is 2.78. The summed E-state index contributed by atoms with van der Waals surface area (Å²) >= 11 is 0. The molecule has 1 aromatic carbocycles. The van der Waals surface area contributed by atoms with Crippen LogP contribution in [0.15, 0.2) is 24.3 Å². The Hall–Kier alpha value is -1.06. The SMILES string of the molecule is CCNCC(C)NCc1cccc(N(C)C)c1. The summed E-state index contributed by atoms with van der Waals surface area (Å²) in [5, 5.41) is 6.86. The lowest BCUT2D eigenvalue weighted by atomic mass is 10.2. The van der Waals surface area contributed by atoms with Gasteiger partial charge in [-0.1, -0.05) is 19.1 Å². The molecule has 1 unspecified atom stereocenters. The lowest BCUT2D eigenvalue weighted by Crippen LogP contribution is -2.35. The molecule has 1 rings (SSSR count). The van der Waals surface area contributed by atoms with Crippen LogP contribution >= 0.6 is 0 Å². The van der Waals surface area contributed by atoms with Crippen molar-refractivity contribution in [1.29, 1.82) is 0 Å². The van der Waals surface area contributed by atoms with Gasteiger partial charge in [0.05, 0.1) is 0 Å². The molecule has 0 aromatic heterocycles. The largest absolute Gasteiger partial charge is 0.378 e. The number of benzene rings is 1. The minimum atomic E-state index is 0.498. The molecule has 0 saturated carbocycles. The van der Waals surface area contributed by atoms with Crippen LogP contribution in [0.3, 0.4) is 0 Å². The number of anilines is 1. The summed E-state index contributed by atoms with van der Waals surface area (Å²) in [7, 11) is 4.14. The van der Waals surface area contributed by atoms with Gasteiger partial charge in [0.1, 0.15) is 0 Å². The van der Waals surface area contributed by atoms with Crippen molar-refractivity contribution >= 4 is 5.69 Å². The summed E-state index contributed by atoms with van der Waals surface area (Å²) in [4.78, 5) is 2.13. The zero-order valence-electron chi connectivity index (χ0n) is 11.5. The van der Waals surface area contributed by atoms with E-state index in [1.807, 2.05) is 0 Å². The Labute approximate surface area is 105 Å². The average molecular weight is 235 g/mol. The summed E-state index contributed by atoms with van der Waals surface area (Å²) in [5.41, 5.74) is 2.59. The highest BCUT2D eigenvalue weighted by Crippen LogP contribution is 2.13. The maximum absolute atomic E-state index is 3.52. The Morgan fingerprint density at radius 1 is 1.29 bits per heavy atom. The highest BCUT2D eigenvalue weighted by Gasteiger charge is 2.01. The topological polar surface area (TPSA) is 27.3 Å². The summed E-state index contributed by atoms with van der Waals surface area (Å²) in [6.07, 6.45) is 0. The van der Waals surface area contributed by atoms with E-state index in [0.717, 1.165) is 19.6 Å². The molecule has 17 heavy (non-hydrogen) atoms. The quantitative estimate of drug-likeness (QED) is 0.755. The number of hydrogen-bond donors (Lipinski definition) is 2. The van der Waals surface area contributed by atoms with Gasteiger partial charge in [-0.15, -0.1) is 0 Å². The first-order valence-electron chi connectivity index (χ1n) is 6.33. The zero-order valence-corrected chi connectivity index (χ0v) is 11.5. The summed E-state index contributed by atoms with van der Waals surface area (Å²) < 4.78 is 0. The predicted molar refractivity (Wildman–Crippen MR) is 75.6 cm³/mol. The summed E-state index contributed by atoms with van der Waals surface area (Å²) in [5.74, 6) is 0. The van der Waals surface area contributed by atoms with Crippen molar-refractivity contribution in [1.82, 2.24) is 10.6 Å². The normalized spacial score (nSPS) is 12.5. The molecule has 3 heteroatoms. The van der Waals surface area contributed by atoms with Crippen molar-refractivity contribution in [2.24, 2.45) is 0 Å². The molecule has 2 N–H and O–H groups in total. The molecule has 0 amide bonds. The third-order valence-electron chi connectivity index (χ3n) is 2.78. The van der Waals surface area contributed by atoms with Crippen molar-refractivity contribution < 1.29 is 0 Å². The maximum Gasteiger partial charge on any atom is 0.0364 e. The van der Waals surface area contributed by atoms with Crippen molar-refractivity contribution in [2.45, 2.75) is 26.4 Å². The average Bonchev–Trinajstić information content (AvgIpc) is 2.34. The van der Waals surface area contributed by atoms with Gasteiger partial charge in [-0.05, 0) is 31.2 Å². The molecule has 0 bridgehead atoms. The number of nitrogens with one attached hydrogen (secondary N) is 2. The van der Waals surface area contributed by atoms with E-state index in [9.17, 15) is 0 Å². The Morgan fingerprint density at radius 2 is 2.06 bits per heavy atom. The van der Waals surface area contributed by atoms with E-state index < -0.39 is 0 Å². The highest BCUT2D eigenvalue weighted by atomic mass is 15.1. The molecule has 0 spiro atoms. The number of hydrogen-bond acceptors (Lipinski definition) is 3. The van der Waals surface area contributed by atoms with Gasteiger partial charge in [0, 0.05) is 38.9 Å². The summed E-state index contributed by atoms with van der Waals surface area (Å²) in [6, 6.07) is 9.14. The number of rotatable bonds is 7. The molecule has 1 atom stereocenters. The zero-order chi connectivity index (χ0) is 12.7. The van der Waals surface area contributed by atoms with E-state index >= 15 is 0 Å². The molecule has 0 radical (unpaired) electrons. The maximum atomic E-state index is 3.52. The second-order valence-electron chi connectivity index (χ2n) is 4.65. The van der Waals surface area contributed by atoms with Gasteiger partial charge < -0.3 is 15.5 Å². The predicted octanol–water partition coefficient (Wildman–Crippen LogP) is 1.84. The highest BCUT2D eigenvalue weighted by molar-refractivity contribution is 5.47. The lowest BCUT2D eigenvalue weighted by Gasteiger charge is -2.16. The van der Waals surface area contributed by atoms with Crippen LogP contribution in [0, 0.1) is 0 Å². The Morgan fingerprint density at radius 3 is 2.71 bits per heavy atom. The molecular weight excluding hydrogens is 210 g/mol. The second kappa shape index (κ2) is 7.30. The van der Waals surface area contributed by atoms with Crippen LogP contribution in [0.5, 0.6) is 0 Å². The van der Waals surface area contributed by atoms with E-state index in [2.05, 4.69) is 67.7 Å². The van der Waals surface area contributed by atoms with Gasteiger partial charge in [0.2, 0.25) is 0 Å². The van der Waals surface area contributed by atoms with E-state index in [-0.39, 0.29) is 0 Å². The molecule has 0 aliphatic carbocycles. The first-order chi connectivity index (χ1) is 8.13. The molecule has 0 heterocycles. The lowest BCUT2D eigenvalue weighted by molar-refractivity contribution is 0.509. The molecular formula is C14H25N3. The van der Waals surface area contributed by atoms with E-state index in [1.165, 1.54) is 11.3 Å². The Balaban J connectivity index is 2.43. The van der Waals surface area contributed by atoms with Crippen molar-refractivity contribution in [3.63, 3.8) is 0 Å². The van der Waals surface area contributed by atoms with Crippen molar-refractivity contribution in [3.8, 4) is 0 Å². The van der Waals surface area contributed by atoms with Crippen molar-refractivity contribution in [2.75, 3.05) is 32.1 Å². The first-order valence-corrected chi connectivity index (χ1v) is 6.33. The summed E-state index contributed by atoms with van der Waals surface area (Å²) in [6.45, 7) is 7.31. The number of likely N-dealkylation sites (N-methyl/N-ethyl adjacent to an activating group) is 1. The molecule has 3 nitrogen and oxygen atoms in total. The van der Waals surface area contributed by atoms with Crippen LogP contribution in [0.4, 0.5) is 5.69 Å². The van der Waals surface area contributed by atoms with Crippen LogP contribution in [0.2, 0.25) is 0 Å². The minimum Gasteiger partial charge on any atom is -0.378 e. The van der Waals surface area contributed by atoms with Crippen molar-refractivity contribution in [3.05, 3.63) is 29.8 Å². The second-order valence-corrected chi connectivity index (χ2v) is 4.65. The monoisotopic (exact) mass is 235 g/mol. The van der Waals surface area contributed by atoms with E-state index in [0.29, 0.717) is 6.04 Å². The number of nitrogens with zero attached hydrogens (tertiary/aromatic N) is 1. The standard InChI is InChI=1S/C14H25N3/c1-5-15-10-12(2)16-11-13-7-6-8-14(9-13)17(3)4/h6-9,12,15-16H,5,10-11H2,1-4H3. The van der Waals surface area contributed by atoms with Gasteiger partial charge in [0.25, 0.3) is 0 Å². The fourth-order valence-corrected chi connectivity index (χ4v) is 1.67. The smallest absolute Gasteiger partial charge is 0.0364 e. The van der Waals surface area contributed by atoms with Crippen LogP contribution in [-0.4, -0.2) is 33.2 Å². The molecule has 0 saturated heterocycles. The van der Waals surface area contributed by atoms with Gasteiger partial charge in [0.15, 0.2) is 0 Å². The minimum absolute atomic E-state index is 0.498. The van der Waals surface area contributed by atoms with Crippen LogP contribution in [-0.2, 0) is 6.54 Å². The van der Waals surface area contributed by atoms with E-state index in [4.69, 9.17) is 0 Å². The Kier molecular flexibility index (Phi) is 6.01. The van der Waals surface area contributed by atoms with E-state index in [1.54, 1.807) is 0 Å². The van der Waals surface area contributed by atoms with Crippen LogP contribution < -0.4 is 15.5 Å². The molecule has 96 valence electrons. The molecule has 0 aliphatic rings. The van der Waals surface area contributed by atoms with Gasteiger partial charge >= 0.3 is 0 Å². The first kappa shape index (κ1) is 14.0. The van der Waals surface area contributed by atoms with Gasteiger partial charge in [-0.25, -0.2) is 0 Å². The fourth-order valence-electron chi connectivity index (χ4n) is 1.67. The van der Waals surface area contributed by atoms with Crippen LogP contribution in [0.25, 0.3) is 0 Å². The molecule has 1 aromatic rings. The Bertz CT molecular complexity index is 323. The fraction of sp³-hybridized carbons (Fsp3) is 0.571. The van der Waals surface area contributed by atoms with Crippen LogP contribution in [0.1, 0.15) is 19.4 Å². The van der Waals surface area contributed by atoms with Gasteiger partial charge in [-0.2, -0.15) is 0 Å². The van der Waals surface area contributed by atoms with Gasteiger partial charge in [-0.3, -0.25) is 0 Å². The molecule has 0 aliphatic heterocycles. The third kappa shape index (κ3) is 5.20.